The van der Waals surface area contributed by atoms with Crippen LogP contribution >= 0.6 is 0 Å². The Labute approximate surface area is 125 Å². The molecule has 0 heterocycles. The monoisotopic (exact) mass is 277 g/mol. The highest BCUT2D eigenvalue weighted by Crippen LogP contribution is 2.28. The summed E-state index contributed by atoms with van der Waals surface area (Å²) in [6, 6.07) is 23.2. The van der Waals surface area contributed by atoms with Gasteiger partial charge in [-0.15, -0.1) is 0 Å². The molecule has 0 saturated carbocycles. The Morgan fingerprint density at radius 2 is 1.57 bits per heavy atom. The van der Waals surface area contributed by atoms with Crippen LogP contribution in [0.4, 0.5) is 5.69 Å². The number of hydrogen-bond donors (Lipinski definition) is 1. The first-order valence-corrected chi connectivity index (χ1v) is 7.16. The topological polar surface area (TPSA) is 21.3 Å². The second-order valence-electron chi connectivity index (χ2n) is 5.17. The Hall–Kier alpha value is -2.48. The molecular formula is C19H19NO. The van der Waals surface area contributed by atoms with Crippen molar-refractivity contribution in [1.82, 2.24) is 0 Å². The third-order valence-corrected chi connectivity index (χ3v) is 3.75. The molecule has 0 aliphatic heterocycles. The number of nitrogens with one attached hydrogen (secondary N) is 1. The first-order valence-electron chi connectivity index (χ1n) is 7.16. The largest absolute Gasteiger partial charge is 0.495 e. The Bertz CT molecular complexity index is 751. The fraction of sp³-hybridized carbons (Fsp3) is 0.158. The van der Waals surface area contributed by atoms with E-state index in [2.05, 4.69) is 54.7 Å². The number of benzene rings is 3. The smallest absolute Gasteiger partial charge is 0.141 e. The van der Waals surface area contributed by atoms with Crippen LogP contribution in [0, 0.1) is 0 Å². The molecule has 2 nitrogen and oxygen atoms in total. The number of hydrogen-bond acceptors (Lipinski definition) is 2. The molecule has 0 saturated heterocycles. The van der Waals surface area contributed by atoms with Gasteiger partial charge >= 0.3 is 0 Å². The van der Waals surface area contributed by atoms with Crippen molar-refractivity contribution in [2.24, 2.45) is 0 Å². The van der Waals surface area contributed by atoms with E-state index < -0.39 is 0 Å². The van der Waals surface area contributed by atoms with Gasteiger partial charge in [0.15, 0.2) is 0 Å². The van der Waals surface area contributed by atoms with Gasteiger partial charge in [-0.25, -0.2) is 0 Å². The highest BCUT2D eigenvalue weighted by molar-refractivity contribution is 5.83. The standard InChI is InChI=1S/C19H19NO/c1-14(20-18-9-5-6-10-19(18)21-2)16-12-11-15-7-3-4-8-17(15)13-16/h3-14,20H,1-2H3/t14-/m1/s1. The zero-order valence-electron chi connectivity index (χ0n) is 12.3. The minimum Gasteiger partial charge on any atom is -0.495 e. The summed E-state index contributed by atoms with van der Waals surface area (Å²) in [5.74, 6) is 0.866. The van der Waals surface area contributed by atoms with Gasteiger partial charge in [-0.1, -0.05) is 48.5 Å². The third-order valence-electron chi connectivity index (χ3n) is 3.75. The van der Waals surface area contributed by atoms with Crippen LogP contribution in [0.1, 0.15) is 18.5 Å². The Kier molecular flexibility index (Phi) is 3.78. The average Bonchev–Trinajstić information content (AvgIpc) is 2.55. The maximum Gasteiger partial charge on any atom is 0.141 e. The van der Waals surface area contributed by atoms with Gasteiger partial charge in [0, 0.05) is 6.04 Å². The van der Waals surface area contributed by atoms with Crippen molar-refractivity contribution in [1.29, 1.82) is 0 Å². The summed E-state index contributed by atoms with van der Waals surface area (Å²) in [5.41, 5.74) is 2.28. The fourth-order valence-corrected chi connectivity index (χ4v) is 2.56. The van der Waals surface area contributed by atoms with E-state index in [0.29, 0.717) is 0 Å². The molecule has 0 aliphatic carbocycles. The van der Waals surface area contributed by atoms with E-state index in [4.69, 9.17) is 4.74 Å². The van der Waals surface area contributed by atoms with E-state index in [1.807, 2.05) is 24.3 Å². The molecule has 0 aliphatic rings. The summed E-state index contributed by atoms with van der Waals surface area (Å²) in [5, 5.41) is 6.05. The van der Waals surface area contributed by atoms with Gasteiger partial charge in [0.05, 0.1) is 12.8 Å². The Morgan fingerprint density at radius 3 is 2.38 bits per heavy atom. The number of anilines is 1. The van der Waals surface area contributed by atoms with Gasteiger partial charge in [0.1, 0.15) is 5.75 Å². The third kappa shape index (κ3) is 2.84. The molecule has 0 aromatic heterocycles. The lowest BCUT2D eigenvalue weighted by Crippen LogP contribution is -2.07. The maximum atomic E-state index is 5.39. The van der Waals surface area contributed by atoms with Crippen molar-refractivity contribution < 1.29 is 4.74 Å². The summed E-state index contributed by atoms with van der Waals surface area (Å²) in [4.78, 5) is 0. The predicted octanol–water partition coefficient (Wildman–Crippen LogP) is 5.02. The van der Waals surface area contributed by atoms with Crippen LogP contribution in [0.3, 0.4) is 0 Å². The van der Waals surface area contributed by atoms with Gasteiger partial charge in [-0.2, -0.15) is 0 Å². The second-order valence-corrected chi connectivity index (χ2v) is 5.17. The van der Waals surface area contributed by atoms with E-state index in [0.717, 1.165) is 11.4 Å². The van der Waals surface area contributed by atoms with Crippen molar-refractivity contribution in [3.63, 3.8) is 0 Å². The zero-order valence-corrected chi connectivity index (χ0v) is 12.3. The summed E-state index contributed by atoms with van der Waals surface area (Å²) in [6.45, 7) is 2.16. The van der Waals surface area contributed by atoms with Gasteiger partial charge in [0.25, 0.3) is 0 Å². The van der Waals surface area contributed by atoms with Gasteiger partial charge < -0.3 is 10.1 Å². The number of para-hydroxylation sites is 2. The molecule has 0 fully saturated rings. The molecule has 0 amide bonds. The fourth-order valence-electron chi connectivity index (χ4n) is 2.56. The van der Waals surface area contributed by atoms with E-state index in [1.165, 1.54) is 16.3 Å². The SMILES string of the molecule is COc1ccccc1N[C@H](C)c1ccc2ccccc2c1. The van der Waals surface area contributed by atoms with Crippen molar-refractivity contribution >= 4 is 16.5 Å². The van der Waals surface area contributed by atoms with E-state index >= 15 is 0 Å². The van der Waals surface area contributed by atoms with Crippen molar-refractivity contribution in [3.8, 4) is 5.75 Å². The lowest BCUT2D eigenvalue weighted by atomic mass is 10.0. The molecule has 2 heteroatoms. The molecule has 0 spiro atoms. The van der Waals surface area contributed by atoms with Crippen LogP contribution in [0.15, 0.2) is 66.7 Å². The molecule has 3 aromatic carbocycles. The molecule has 21 heavy (non-hydrogen) atoms. The highest BCUT2D eigenvalue weighted by atomic mass is 16.5. The maximum absolute atomic E-state index is 5.39. The van der Waals surface area contributed by atoms with E-state index in [-0.39, 0.29) is 6.04 Å². The van der Waals surface area contributed by atoms with Crippen LogP contribution in [-0.2, 0) is 0 Å². The van der Waals surface area contributed by atoms with Crippen LogP contribution < -0.4 is 10.1 Å². The van der Waals surface area contributed by atoms with Gasteiger partial charge in [-0.3, -0.25) is 0 Å². The van der Waals surface area contributed by atoms with Crippen molar-refractivity contribution in [2.45, 2.75) is 13.0 Å². The molecular weight excluding hydrogens is 258 g/mol. The molecule has 0 radical (unpaired) electrons. The van der Waals surface area contributed by atoms with E-state index in [9.17, 15) is 0 Å². The van der Waals surface area contributed by atoms with Crippen LogP contribution in [0.2, 0.25) is 0 Å². The molecule has 0 bridgehead atoms. The predicted molar refractivity (Wildman–Crippen MR) is 89.0 cm³/mol. The average molecular weight is 277 g/mol. The molecule has 0 unspecified atom stereocenters. The van der Waals surface area contributed by atoms with E-state index in [1.54, 1.807) is 7.11 Å². The minimum atomic E-state index is 0.214. The summed E-state index contributed by atoms with van der Waals surface area (Å²) >= 11 is 0. The summed E-state index contributed by atoms with van der Waals surface area (Å²) < 4.78 is 5.39. The van der Waals surface area contributed by atoms with Gasteiger partial charge in [0.2, 0.25) is 0 Å². The number of ether oxygens (including phenoxy) is 1. The Balaban J connectivity index is 1.88. The van der Waals surface area contributed by atoms with Gasteiger partial charge in [-0.05, 0) is 41.5 Å². The lowest BCUT2D eigenvalue weighted by molar-refractivity contribution is 0.416. The number of methoxy groups -OCH3 is 1. The van der Waals surface area contributed by atoms with Crippen molar-refractivity contribution in [2.75, 3.05) is 12.4 Å². The minimum absolute atomic E-state index is 0.214. The normalized spacial score (nSPS) is 12.1. The van der Waals surface area contributed by atoms with Crippen molar-refractivity contribution in [3.05, 3.63) is 72.3 Å². The lowest BCUT2D eigenvalue weighted by Gasteiger charge is -2.18. The molecule has 1 N–H and O–H groups in total. The molecule has 1 atom stereocenters. The molecule has 106 valence electrons. The van der Waals surface area contributed by atoms with Crippen LogP contribution in [-0.4, -0.2) is 7.11 Å². The molecule has 3 aromatic rings. The first-order chi connectivity index (χ1) is 10.3. The Morgan fingerprint density at radius 1 is 0.857 bits per heavy atom. The zero-order chi connectivity index (χ0) is 14.7. The van der Waals surface area contributed by atoms with Crippen LogP contribution in [0.25, 0.3) is 10.8 Å². The highest BCUT2D eigenvalue weighted by Gasteiger charge is 2.09. The van der Waals surface area contributed by atoms with Crippen LogP contribution in [0.5, 0.6) is 5.75 Å². The first kappa shape index (κ1) is 13.5. The number of rotatable bonds is 4. The summed E-state index contributed by atoms with van der Waals surface area (Å²) in [7, 11) is 1.70. The number of fused-ring (bicyclic) bond motifs is 1. The molecule has 3 rings (SSSR count). The summed E-state index contributed by atoms with van der Waals surface area (Å²) in [6.07, 6.45) is 0. The second kappa shape index (κ2) is 5.88. The quantitative estimate of drug-likeness (QED) is 0.723.